The van der Waals surface area contributed by atoms with Gasteiger partial charge < -0.3 is 9.88 Å². The summed E-state index contributed by atoms with van der Waals surface area (Å²) < 4.78 is 29.8. The molecule has 2 heterocycles. The van der Waals surface area contributed by atoms with E-state index >= 15 is 0 Å². The van der Waals surface area contributed by atoms with Crippen LogP contribution >= 0.6 is 15.9 Å². The molecule has 0 aliphatic carbocycles. The molecular formula is C18H24BrF2N3. The van der Waals surface area contributed by atoms with Crippen LogP contribution in [-0.4, -0.2) is 22.1 Å². The summed E-state index contributed by atoms with van der Waals surface area (Å²) in [7, 11) is 0. The fraction of sp³-hybridized carbons (Fsp3) is 0.500. The van der Waals surface area contributed by atoms with E-state index in [1.54, 1.807) is 11.5 Å². The van der Waals surface area contributed by atoms with Crippen LogP contribution in [0.5, 0.6) is 0 Å². The summed E-state index contributed by atoms with van der Waals surface area (Å²) in [5.74, 6) is -1.05. The predicted molar refractivity (Wildman–Crippen MR) is 98.2 cm³/mol. The Balaban J connectivity index is 0.00000100. The highest BCUT2D eigenvalue weighted by molar-refractivity contribution is 9.10. The Labute approximate surface area is 150 Å². The fourth-order valence-electron chi connectivity index (χ4n) is 2.91. The Morgan fingerprint density at radius 3 is 2.75 bits per heavy atom. The van der Waals surface area contributed by atoms with Crippen LogP contribution in [0.3, 0.4) is 0 Å². The van der Waals surface area contributed by atoms with E-state index in [1.807, 2.05) is 19.9 Å². The maximum absolute atomic E-state index is 14.2. The standard InChI is InChI=1S/C16H18BrF2N3.C2H6/c1-10-21-13-9-12(17)14(18)15(19)16(13)22(10)8-4-6-11-5-2-3-7-20-11;1-2/h4,6,9,11,20H,2-3,5,7-8H2,1H3;1-2H3/b6-4+;. The summed E-state index contributed by atoms with van der Waals surface area (Å²) in [4.78, 5) is 4.32. The summed E-state index contributed by atoms with van der Waals surface area (Å²) in [6, 6.07) is 1.89. The molecule has 1 aliphatic heterocycles. The van der Waals surface area contributed by atoms with Crippen LogP contribution in [0.4, 0.5) is 8.78 Å². The Kier molecular flexibility index (Phi) is 6.92. The second-order valence-electron chi connectivity index (χ2n) is 5.61. The number of aryl methyl sites for hydroxylation is 1. The predicted octanol–water partition coefficient (Wildman–Crippen LogP) is 5.11. The van der Waals surface area contributed by atoms with Crippen molar-refractivity contribution in [1.82, 2.24) is 14.9 Å². The second-order valence-corrected chi connectivity index (χ2v) is 6.46. The Morgan fingerprint density at radius 1 is 1.33 bits per heavy atom. The lowest BCUT2D eigenvalue weighted by Gasteiger charge is -2.20. The fourth-order valence-corrected chi connectivity index (χ4v) is 3.30. The molecule has 0 saturated carbocycles. The van der Waals surface area contributed by atoms with E-state index in [4.69, 9.17) is 0 Å². The van der Waals surface area contributed by atoms with Gasteiger partial charge in [-0.3, -0.25) is 0 Å². The average Bonchev–Trinajstić information content (AvgIpc) is 2.91. The van der Waals surface area contributed by atoms with Gasteiger partial charge in [-0.15, -0.1) is 0 Å². The van der Waals surface area contributed by atoms with Gasteiger partial charge in [0.25, 0.3) is 0 Å². The van der Waals surface area contributed by atoms with Crippen LogP contribution in [0, 0.1) is 18.6 Å². The minimum atomic E-state index is -0.869. The van der Waals surface area contributed by atoms with Gasteiger partial charge in [-0.05, 0) is 48.3 Å². The van der Waals surface area contributed by atoms with E-state index < -0.39 is 11.6 Å². The third-order valence-electron chi connectivity index (χ3n) is 4.06. The molecular weight excluding hydrogens is 376 g/mol. The van der Waals surface area contributed by atoms with Crippen molar-refractivity contribution in [3.05, 3.63) is 40.1 Å². The number of allylic oxidation sites excluding steroid dienone is 1. The maximum atomic E-state index is 14.2. The third kappa shape index (κ3) is 4.03. The summed E-state index contributed by atoms with van der Waals surface area (Å²) in [5.41, 5.74) is 0.687. The zero-order chi connectivity index (χ0) is 17.7. The zero-order valence-electron chi connectivity index (χ0n) is 14.4. The molecule has 3 rings (SSSR count). The van der Waals surface area contributed by atoms with Gasteiger partial charge in [0.15, 0.2) is 11.6 Å². The molecule has 1 unspecified atom stereocenters. The van der Waals surface area contributed by atoms with Crippen LogP contribution in [0.2, 0.25) is 0 Å². The van der Waals surface area contributed by atoms with Crippen molar-refractivity contribution in [2.45, 2.75) is 52.6 Å². The topological polar surface area (TPSA) is 29.9 Å². The highest BCUT2D eigenvalue weighted by Crippen LogP contribution is 2.27. The Morgan fingerprint density at radius 2 is 2.08 bits per heavy atom. The number of piperidine rings is 1. The van der Waals surface area contributed by atoms with E-state index in [-0.39, 0.29) is 9.99 Å². The summed E-state index contributed by atoms with van der Waals surface area (Å²) in [5, 5.41) is 3.43. The minimum absolute atomic E-state index is 0.101. The summed E-state index contributed by atoms with van der Waals surface area (Å²) in [6.45, 7) is 7.33. The number of benzene rings is 1. The molecule has 0 bridgehead atoms. The van der Waals surface area contributed by atoms with Crippen LogP contribution in [0.25, 0.3) is 11.0 Å². The van der Waals surface area contributed by atoms with Crippen LogP contribution in [-0.2, 0) is 6.54 Å². The van der Waals surface area contributed by atoms with Crippen LogP contribution in [0.15, 0.2) is 22.7 Å². The lowest BCUT2D eigenvalue weighted by Crippen LogP contribution is -2.32. The molecule has 0 amide bonds. The Hall–Kier alpha value is -1.27. The Bertz CT molecular complexity index is 719. The first-order valence-corrected chi connectivity index (χ1v) is 9.27. The second kappa shape index (κ2) is 8.72. The van der Waals surface area contributed by atoms with Gasteiger partial charge in [0.2, 0.25) is 0 Å². The molecule has 1 aliphatic rings. The van der Waals surface area contributed by atoms with E-state index in [0.29, 0.717) is 23.9 Å². The first kappa shape index (κ1) is 19.1. The van der Waals surface area contributed by atoms with Gasteiger partial charge in [-0.25, -0.2) is 13.8 Å². The number of rotatable bonds is 3. The van der Waals surface area contributed by atoms with Crippen molar-refractivity contribution in [1.29, 1.82) is 0 Å². The SMILES string of the molecule is CC.Cc1nc2cc(Br)c(F)c(F)c2n1C/C=C/C1CCCCN1. The maximum Gasteiger partial charge on any atom is 0.185 e. The lowest BCUT2D eigenvalue weighted by molar-refractivity contribution is 0.453. The van der Waals surface area contributed by atoms with E-state index in [9.17, 15) is 8.78 Å². The molecule has 1 aromatic heterocycles. The van der Waals surface area contributed by atoms with Gasteiger partial charge in [0, 0.05) is 12.6 Å². The molecule has 0 radical (unpaired) electrons. The van der Waals surface area contributed by atoms with Crippen molar-refractivity contribution in [3.8, 4) is 0 Å². The minimum Gasteiger partial charge on any atom is -0.322 e. The van der Waals surface area contributed by atoms with Crippen molar-refractivity contribution < 1.29 is 8.78 Å². The van der Waals surface area contributed by atoms with Crippen molar-refractivity contribution >= 4 is 27.0 Å². The molecule has 132 valence electrons. The molecule has 1 fully saturated rings. The molecule has 1 N–H and O–H groups in total. The number of hydrogen-bond acceptors (Lipinski definition) is 2. The third-order valence-corrected chi connectivity index (χ3v) is 4.64. The van der Waals surface area contributed by atoms with Crippen LogP contribution < -0.4 is 5.32 Å². The monoisotopic (exact) mass is 399 g/mol. The summed E-state index contributed by atoms with van der Waals surface area (Å²) >= 11 is 3.02. The average molecular weight is 400 g/mol. The van der Waals surface area contributed by atoms with E-state index in [1.165, 1.54) is 18.9 Å². The van der Waals surface area contributed by atoms with Crippen molar-refractivity contribution in [2.24, 2.45) is 0 Å². The van der Waals surface area contributed by atoms with Gasteiger partial charge >= 0.3 is 0 Å². The van der Waals surface area contributed by atoms with Gasteiger partial charge in [-0.1, -0.05) is 32.4 Å². The number of aromatic nitrogens is 2. The van der Waals surface area contributed by atoms with Crippen molar-refractivity contribution in [2.75, 3.05) is 6.54 Å². The molecule has 0 spiro atoms. The molecule has 1 atom stereocenters. The number of imidazole rings is 1. The largest absolute Gasteiger partial charge is 0.322 e. The van der Waals surface area contributed by atoms with Gasteiger partial charge in [-0.2, -0.15) is 0 Å². The zero-order valence-corrected chi connectivity index (χ0v) is 16.0. The highest BCUT2D eigenvalue weighted by atomic mass is 79.9. The van der Waals surface area contributed by atoms with E-state index in [0.717, 1.165) is 13.0 Å². The molecule has 3 nitrogen and oxygen atoms in total. The van der Waals surface area contributed by atoms with Crippen molar-refractivity contribution in [3.63, 3.8) is 0 Å². The smallest absolute Gasteiger partial charge is 0.185 e. The number of halogens is 3. The van der Waals surface area contributed by atoms with E-state index in [2.05, 4.69) is 32.3 Å². The number of fused-ring (bicyclic) bond motifs is 1. The first-order chi connectivity index (χ1) is 11.6. The number of nitrogens with one attached hydrogen (secondary N) is 1. The molecule has 6 heteroatoms. The highest BCUT2D eigenvalue weighted by Gasteiger charge is 2.18. The van der Waals surface area contributed by atoms with Crippen LogP contribution in [0.1, 0.15) is 38.9 Å². The molecule has 24 heavy (non-hydrogen) atoms. The normalized spacial score (nSPS) is 18.0. The number of nitrogens with zero attached hydrogens (tertiary/aromatic N) is 2. The first-order valence-electron chi connectivity index (χ1n) is 8.48. The lowest BCUT2D eigenvalue weighted by atomic mass is 10.0. The molecule has 1 aromatic carbocycles. The molecule has 2 aromatic rings. The molecule has 1 saturated heterocycles. The van der Waals surface area contributed by atoms with Gasteiger partial charge in [0.05, 0.1) is 9.99 Å². The quantitative estimate of drug-likeness (QED) is 0.573. The summed E-state index contributed by atoms with van der Waals surface area (Å²) in [6.07, 6.45) is 7.67. The number of hydrogen-bond donors (Lipinski definition) is 1. The van der Waals surface area contributed by atoms with Gasteiger partial charge in [0.1, 0.15) is 11.3 Å².